The Morgan fingerprint density at radius 2 is 2.33 bits per heavy atom. The molecule has 1 aliphatic heterocycles. The van der Waals surface area contributed by atoms with Crippen molar-refractivity contribution in [3.8, 4) is 0 Å². The molecule has 2 rings (SSSR count). The Balaban J connectivity index is 2.01. The third-order valence-corrected chi connectivity index (χ3v) is 2.98. The fourth-order valence-electron chi connectivity index (χ4n) is 2.21. The molecular formula is C12H20N2O. The van der Waals surface area contributed by atoms with Gasteiger partial charge >= 0.3 is 0 Å². The molecule has 0 bridgehead atoms. The van der Waals surface area contributed by atoms with Crippen molar-refractivity contribution in [2.75, 3.05) is 0 Å². The van der Waals surface area contributed by atoms with Crippen molar-refractivity contribution in [3.63, 3.8) is 0 Å². The molecule has 3 nitrogen and oxygen atoms in total. The van der Waals surface area contributed by atoms with E-state index in [9.17, 15) is 0 Å². The molecule has 1 aromatic rings. The van der Waals surface area contributed by atoms with Gasteiger partial charge in [0.15, 0.2) is 0 Å². The Hall–Kier alpha value is -0.830. The Morgan fingerprint density at radius 1 is 1.53 bits per heavy atom. The van der Waals surface area contributed by atoms with E-state index in [0.717, 1.165) is 12.4 Å². The molecule has 0 N–H and O–H groups in total. The van der Waals surface area contributed by atoms with Gasteiger partial charge in [0.2, 0.25) is 0 Å². The lowest BCUT2D eigenvalue weighted by Crippen LogP contribution is -2.18. The fourth-order valence-corrected chi connectivity index (χ4v) is 2.21. The lowest BCUT2D eigenvalue weighted by atomic mass is 10.2. The maximum atomic E-state index is 5.82. The van der Waals surface area contributed by atoms with Crippen LogP contribution in [0.2, 0.25) is 0 Å². The first-order valence-electron chi connectivity index (χ1n) is 5.83. The zero-order chi connectivity index (χ0) is 10.8. The Bertz CT molecular complexity index is 319. The number of hydrogen-bond donors (Lipinski definition) is 0. The van der Waals surface area contributed by atoms with E-state index < -0.39 is 0 Å². The number of aromatic nitrogens is 2. The highest BCUT2D eigenvalue weighted by Gasteiger charge is 2.22. The van der Waals surface area contributed by atoms with Crippen LogP contribution in [0.5, 0.6) is 0 Å². The second kappa shape index (κ2) is 4.35. The van der Waals surface area contributed by atoms with Gasteiger partial charge in [-0.1, -0.05) is 13.8 Å². The van der Waals surface area contributed by atoms with Crippen LogP contribution in [-0.4, -0.2) is 21.8 Å². The molecule has 2 heterocycles. The molecule has 1 saturated heterocycles. The second-order valence-corrected chi connectivity index (χ2v) is 4.74. The van der Waals surface area contributed by atoms with Gasteiger partial charge < -0.3 is 9.30 Å². The van der Waals surface area contributed by atoms with E-state index in [4.69, 9.17) is 4.74 Å². The Kier molecular flexibility index (Phi) is 3.10. The molecule has 2 unspecified atom stereocenters. The van der Waals surface area contributed by atoms with Crippen molar-refractivity contribution in [2.45, 2.75) is 58.3 Å². The van der Waals surface area contributed by atoms with E-state index >= 15 is 0 Å². The summed E-state index contributed by atoms with van der Waals surface area (Å²) in [5, 5.41) is 0. The number of rotatable bonds is 3. The molecule has 2 atom stereocenters. The predicted molar refractivity (Wildman–Crippen MR) is 59.9 cm³/mol. The summed E-state index contributed by atoms with van der Waals surface area (Å²) in [7, 11) is 0. The van der Waals surface area contributed by atoms with Crippen LogP contribution >= 0.6 is 0 Å². The fraction of sp³-hybridized carbons (Fsp3) is 0.750. The van der Waals surface area contributed by atoms with Crippen molar-refractivity contribution in [3.05, 3.63) is 18.2 Å². The topological polar surface area (TPSA) is 27.1 Å². The van der Waals surface area contributed by atoms with Gasteiger partial charge in [0.05, 0.1) is 18.8 Å². The van der Waals surface area contributed by atoms with Crippen LogP contribution in [-0.2, 0) is 11.3 Å². The van der Waals surface area contributed by atoms with Crippen molar-refractivity contribution in [2.24, 2.45) is 0 Å². The molecule has 1 fully saturated rings. The highest BCUT2D eigenvalue weighted by atomic mass is 16.5. The molecule has 0 spiro atoms. The standard InChI is InChI=1S/C12H20N2O/c1-9(2)12-13-6-7-14(12)8-11-5-4-10(3)15-11/h6-7,9-11H,4-5,8H2,1-3H3. The summed E-state index contributed by atoms with van der Waals surface area (Å²) in [6.45, 7) is 7.46. The highest BCUT2D eigenvalue weighted by molar-refractivity contribution is 4.98. The van der Waals surface area contributed by atoms with Gasteiger partial charge in [-0.15, -0.1) is 0 Å². The van der Waals surface area contributed by atoms with Crippen LogP contribution in [0.15, 0.2) is 12.4 Å². The van der Waals surface area contributed by atoms with Crippen molar-refractivity contribution in [1.29, 1.82) is 0 Å². The quantitative estimate of drug-likeness (QED) is 0.763. The van der Waals surface area contributed by atoms with Crippen molar-refractivity contribution >= 4 is 0 Å². The summed E-state index contributed by atoms with van der Waals surface area (Å²) in [4.78, 5) is 4.38. The smallest absolute Gasteiger partial charge is 0.111 e. The Morgan fingerprint density at radius 3 is 2.93 bits per heavy atom. The summed E-state index contributed by atoms with van der Waals surface area (Å²) in [6.07, 6.45) is 7.12. The monoisotopic (exact) mass is 208 g/mol. The summed E-state index contributed by atoms with van der Waals surface area (Å²) in [5.41, 5.74) is 0. The van der Waals surface area contributed by atoms with Gasteiger partial charge in [0.1, 0.15) is 5.82 Å². The minimum atomic E-state index is 0.381. The number of nitrogens with zero attached hydrogens (tertiary/aromatic N) is 2. The maximum absolute atomic E-state index is 5.82. The number of imidazole rings is 1. The summed E-state index contributed by atoms with van der Waals surface area (Å²) in [6, 6.07) is 0. The second-order valence-electron chi connectivity index (χ2n) is 4.74. The normalized spacial score (nSPS) is 26.4. The molecule has 1 aromatic heterocycles. The van der Waals surface area contributed by atoms with E-state index in [1.165, 1.54) is 12.8 Å². The molecule has 15 heavy (non-hydrogen) atoms. The van der Waals surface area contributed by atoms with Gasteiger partial charge in [-0.2, -0.15) is 0 Å². The predicted octanol–water partition coefficient (Wildman–Crippen LogP) is 2.57. The van der Waals surface area contributed by atoms with E-state index in [0.29, 0.717) is 18.1 Å². The van der Waals surface area contributed by atoms with Crippen molar-refractivity contribution < 1.29 is 4.74 Å². The third-order valence-electron chi connectivity index (χ3n) is 2.98. The zero-order valence-corrected chi connectivity index (χ0v) is 9.81. The highest BCUT2D eigenvalue weighted by Crippen LogP contribution is 2.22. The Labute approximate surface area is 91.5 Å². The molecule has 0 aliphatic carbocycles. The zero-order valence-electron chi connectivity index (χ0n) is 9.81. The van der Waals surface area contributed by atoms with E-state index in [2.05, 4.69) is 36.5 Å². The van der Waals surface area contributed by atoms with Crippen LogP contribution in [0.25, 0.3) is 0 Å². The lowest BCUT2D eigenvalue weighted by molar-refractivity contribution is 0.0452. The molecule has 0 aromatic carbocycles. The SMILES string of the molecule is CC1CCC(Cn2ccnc2C(C)C)O1. The van der Waals surface area contributed by atoms with Crippen molar-refractivity contribution in [1.82, 2.24) is 9.55 Å². The molecule has 0 amide bonds. The molecule has 0 radical (unpaired) electrons. The molecule has 0 saturated carbocycles. The van der Waals surface area contributed by atoms with Gasteiger partial charge in [-0.3, -0.25) is 0 Å². The molecule has 1 aliphatic rings. The molecule has 3 heteroatoms. The van der Waals surface area contributed by atoms with Gasteiger partial charge in [-0.25, -0.2) is 4.98 Å². The van der Waals surface area contributed by atoms with Gasteiger partial charge in [0, 0.05) is 18.3 Å². The minimum absolute atomic E-state index is 0.381. The lowest BCUT2D eigenvalue weighted by Gasteiger charge is -2.15. The van der Waals surface area contributed by atoms with Crippen LogP contribution in [0.4, 0.5) is 0 Å². The molecular weight excluding hydrogens is 188 g/mol. The van der Waals surface area contributed by atoms with Gasteiger partial charge in [0.25, 0.3) is 0 Å². The number of ether oxygens (including phenoxy) is 1. The first-order valence-corrected chi connectivity index (χ1v) is 5.83. The van der Waals surface area contributed by atoms with Crippen LogP contribution in [0, 0.1) is 0 Å². The first kappa shape index (κ1) is 10.7. The summed E-state index contributed by atoms with van der Waals surface area (Å²) in [5.74, 6) is 1.65. The van der Waals surface area contributed by atoms with Crippen LogP contribution in [0.1, 0.15) is 45.4 Å². The number of hydrogen-bond acceptors (Lipinski definition) is 2. The third kappa shape index (κ3) is 2.40. The van der Waals surface area contributed by atoms with Crippen LogP contribution in [0.3, 0.4) is 0 Å². The average molecular weight is 208 g/mol. The molecule has 84 valence electrons. The van der Waals surface area contributed by atoms with Gasteiger partial charge in [-0.05, 0) is 19.8 Å². The van der Waals surface area contributed by atoms with Crippen LogP contribution < -0.4 is 0 Å². The minimum Gasteiger partial charge on any atom is -0.373 e. The summed E-state index contributed by atoms with van der Waals surface area (Å²) >= 11 is 0. The maximum Gasteiger partial charge on any atom is 0.111 e. The van der Waals surface area contributed by atoms with E-state index in [1.54, 1.807) is 0 Å². The average Bonchev–Trinajstić information content (AvgIpc) is 2.75. The van der Waals surface area contributed by atoms with E-state index in [-0.39, 0.29) is 0 Å². The first-order chi connectivity index (χ1) is 7.16. The van der Waals surface area contributed by atoms with E-state index in [1.807, 2.05) is 6.20 Å². The summed E-state index contributed by atoms with van der Waals surface area (Å²) < 4.78 is 8.05. The largest absolute Gasteiger partial charge is 0.373 e.